The third-order valence-electron chi connectivity index (χ3n) is 3.83. The van der Waals surface area contributed by atoms with Crippen LogP contribution in [-0.2, 0) is 29.3 Å². The molecule has 0 aromatic carbocycles. The molecule has 1 atom stereocenters. The number of aliphatic carboxylic acids is 1. The minimum Gasteiger partial charge on any atom is -0.480 e. The van der Waals surface area contributed by atoms with Crippen LogP contribution in [0.5, 0.6) is 0 Å². The van der Waals surface area contributed by atoms with Crippen LogP contribution in [0.3, 0.4) is 0 Å². The molecule has 0 bridgehead atoms. The molecule has 0 radical (unpaired) electrons. The van der Waals surface area contributed by atoms with Crippen molar-refractivity contribution in [1.29, 1.82) is 0 Å². The maximum absolute atomic E-state index is 11.9. The van der Waals surface area contributed by atoms with E-state index in [1.807, 2.05) is 4.72 Å². The average molecular weight is 468 g/mol. The second kappa shape index (κ2) is 15.8. The predicted octanol–water partition coefficient (Wildman–Crippen LogP) is -1.90. The monoisotopic (exact) mass is 468 g/mol. The van der Waals surface area contributed by atoms with Crippen molar-refractivity contribution < 1.29 is 42.6 Å². The summed E-state index contributed by atoms with van der Waals surface area (Å²) >= 11 is 0. The van der Waals surface area contributed by atoms with Crippen molar-refractivity contribution in [2.24, 2.45) is 10.8 Å². The fraction of sp³-hybridized carbons (Fsp3) is 0.857. The summed E-state index contributed by atoms with van der Waals surface area (Å²) in [5.74, 6) is -2.31. The maximum Gasteiger partial charge on any atom is 0.451 e. The second-order valence-corrected chi connectivity index (χ2v) is 7.97. The molecule has 0 aliphatic heterocycles. The van der Waals surface area contributed by atoms with E-state index in [-0.39, 0.29) is 65.0 Å². The molecule has 7 N–H and O–H groups in total. The number of unbranched alkanes of at least 4 members (excludes halogenated alkanes) is 1. The largest absolute Gasteiger partial charge is 0.480 e. The summed E-state index contributed by atoms with van der Waals surface area (Å²) in [5, 5.41) is 30.1. The molecule has 1 amide bonds. The van der Waals surface area contributed by atoms with Gasteiger partial charge in [0.2, 0.25) is 5.91 Å². The number of nitrogens with two attached hydrogens (primary N) is 1. The Hall–Kier alpha value is -1.98. The molecule has 178 valence electrons. The molecule has 0 fully saturated rings. The van der Waals surface area contributed by atoms with Gasteiger partial charge >= 0.3 is 23.3 Å². The maximum atomic E-state index is 11.9. The molecular weight excluding hydrogens is 439 g/mol. The molecule has 0 spiro atoms. The Bertz CT molecular complexity index is 704. The lowest BCUT2D eigenvalue weighted by Crippen LogP contribution is -2.57. The lowest BCUT2D eigenvalue weighted by Gasteiger charge is -2.25. The van der Waals surface area contributed by atoms with Crippen LogP contribution >= 0.6 is 0 Å². The van der Waals surface area contributed by atoms with E-state index < -0.39 is 41.3 Å². The molecule has 15 nitrogen and oxygen atoms in total. The van der Waals surface area contributed by atoms with Gasteiger partial charge in [-0.15, -0.1) is 0 Å². The van der Waals surface area contributed by atoms with Crippen LogP contribution < -0.4 is 15.2 Å². The number of amides is 1. The van der Waals surface area contributed by atoms with Crippen LogP contribution in [0.25, 0.3) is 10.4 Å². The normalized spacial score (nSPS) is 13.1. The first kappa shape index (κ1) is 29.0. The van der Waals surface area contributed by atoms with Gasteiger partial charge in [0.05, 0.1) is 32.8 Å². The van der Waals surface area contributed by atoms with Crippen molar-refractivity contribution in [3.05, 3.63) is 10.4 Å². The van der Waals surface area contributed by atoms with E-state index in [4.69, 9.17) is 30.8 Å². The minimum atomic E-state index is -4.34. The fourth-order valence-corrected chi connectivity index (χ4v) is 3.06. The van der Waals surface area contributed by atoms with Gasteiger partial charge in [0, 0.05) is 18.0 Å². The number of hydrogen-bond acceptors (Lipinski definition) is 10. The SMILES string of the molecule is [N-]=[N+]=NCCOCCOCCC(=O)NS(=O)(=O)NCC(N)(CCCCB(O)O)C(=O)O. The average Bonchev–Trinajstić information content (AvgIpc) is 2.68. The van der Waals surface area contributed by atoms with E-state index in [1.54, 1.807) is 4.72 Å². The molecule has 0 aromatic rings. The number of nitrogens with zero attached hydrogens (tertiary/aromatic N) is 3. The van der Waals surface area contributed by atoms with Crippen molar-refractivity contribution in [2.45, 2.75) is 37.5 Å². The van der Waals surface area contributed by atoms with Gasteiger partial charge in [0.25, 0.3) is 0 Å². The van der Waals surface area contributed by atoms with Gasteiger partial charge in [-0.25, -0.2) is 4.72 Å². The number of carbonyl (C=O) groups excluding carboxylic acids is 1. The zero-order valence-electron chi connectivity index (χ0n) is 17.0. The Kier molecular flexibility index (Phi) is 14.8. The van der Waals surface area contributed by atoms with Gasteiger partial charge < -0.3 is 30.4 Å². The predicted molar refractivity (Wildman–Crippen MR) is 109 cm³/mol. The van der Waals surface area contributed by atoms with Gasteiger partial charge in [-0.1, -0.05) is 18.0 Å². The van der Waals surface area contributed by atoms with Gasteiger partial charge in [0.1, 0.15) is 5.54 Å². The van der Waals surface area contributed by atoms with Crippen molar-refractivity contribution in [3.63, 3.8) is 0 Å². The van der Waals surface area contributed by atoms with Gasteiger partial charge in [-0.3, -0.25) is 9.59 Å². The number of rotatable bonds is 19. The van der Waals surface area contributed by atoms with Crippen LogP contribution in [0.1, 0.15) is 25.7 Å². The molecule has 0 heterocycles. The van der Waals surface area contributed by atoms with Crippen LogP contribution in [0.2, 0.25) is 6.32 Å². The van der Waals surface area contributed by atoms with E-state index in [0.29, 0.717) is 0 Å². The Morgan fingerprint density at radius 1 is 1.16 bits per heavy atom. The smallest absolute Gasteiger partial charge is 0.451 e. The zero-order chi connectivity index (χ0) is 23.8. The summed E-state index contributed by atoms with van der Waals surface area (Å²) in [6, 6.07) is 0. The Labute approximate surface area is 180 Å². The highest BCUT2D eigenvalue weighted by atomic mass is 32.2. The van der Waals surface area contributed by atoms with Crippen LogP contribution in [0.15, 0.2) is 5.11 Å². The number of nitrogens with one attached hydrogen (secondary N) is 2. The van der Waals surface area contributed by atoms with Crippen molar-refractivity contribution in [3.8, 4) is 0 Å². The number of carbonyl (C=O) groups is 2. The molecule has 0 aliphatic rings. The number of azide groups is 1. The van der Waals surface area contributed by atoms with E-state index in [1.165, 1.54) is 0 Å². The Morgan fingerprint density at radius 2 is 1.81 bits per heavy atom. The molecular formula is C14H29BN6O9S. The van der Waals surface area contributed by atoms with E-state index in [9.17, 15) is 23.1 Å². The first-order valence-corrected chi connectivity index (χ1v) is 10.9. The van der Waals surface area contributed by atoms with Gasteiger partial charge in [0.15, 0.2) is 0 Å². The Balaban J connectivity index is 4.23. The molecule has 0 saturated carbocycles. The van der Waals surface area contributed by atoms with E-state index >= 15 is 0 Å². The molecule has 0 aliphatic carbocycles. The van der Waals surface area contributed by atoms with Crippen molar-refractivity contribution in [2.75, 3.05) is 39.5 Å². The number of carboxylic acid groups (broad SMARTS) is 1. The summed E-state index contributed by atoms with van der Waals surface area (Å²) in [6.45, 7) is 0.00928. The lowest BCUT2D eigenvalue weighted by molar-refractivity contribution is -0.143. The highest BCUT2D eigenvalue weighted by Gasteiger charge is 2.35. The standard InChI is InChI=1S/C14H29BN6O9S/c16-14(13(23)24,4-1-2-5-15(25)26)11-19-31(27,28)20-12(22)3-7-29-9-10-30-8-6-18-21-17/h19,25-26H,1-11,16H2,(H,20,22)(H,23,24). The van der Waals surface area contributed by atoms with E-state index in [2.05, 4.69) is 10.0 Å². The van der Waals surface area contributed by atoms with Crippen LogP contribution in [0.4, 0.5) is 0 Å². The number of hydrogen-bond donors (Lipinski definition) is 6. The summed E-state index contributed by atoms with van der Waals surface area (Å²) in [6.07, 6.45) is 0.148. The van der Waals surface area contributed by atoms with Crippen LogP contribution in [0, 0.1) is 0 Å². The van der Waals surface area contributed by atoms with Crippen molar-refractivity contribution in [1.82, 2.24) is 9.44 Å². The van der Waals surface area contributed by atoms with Crippen molar-refractivity contribution >= 4 is 29.2 Å². The first-order valence-electron chi connectivity index (χ1n) is 9.37. The molecule has 0 rings (SSSR count). The highest BCUT2D eigenvalue weighted by molar-refractivity contribution is 7.88. The molecule has 1 unspecified atom stereocenters. The first-order chi connectivity index (χ1) is 14.5. The molecule has 17 heteroatoms. The summed E-state index contributed by atoms with van der Waals surface area (Å²) < 4.78 is 37.7. The summed E-state index contributed by atoms with van der Waals surface area (Å²) in [4.78, 5) is 25.7. The topological polar surface area (TPSA) is 246 Å². The fourth-order valence-electron chi connectivity index (χ4n) is 2.14. The van der Waals surface area contributed by atoms with Crippen LogP contribution in [-0.4, -0.2) is 87.6 Å². The van der Waals surface area contributed by atoms with E-state index in [0.717, 1.165) is 0 Å². The lowest BCUT2D eigenvalue weighted by atomic mass is 9.82. The molecule has 0 aromatic heterocycles. The highest BCUT2D eigenvalue weighted by Crippen LogP contribution is 2.13. The molecule has 31 heavy (non-hydrogen) atoms. The quantitative estimate of drug-likeness (QED) is 0.0404. The second-order valence-electron chi connectivity index (χ2n) is 6.47. The number of ether oxygens (including phenoxy) is 2. The van der Waals surface area contributed by atoms with Gasteiger partial charge in [-0.2, -0.15) is 13.1 Å². The zero-order valence-corrected chi connectivity index (χ0v) is 17.8. The third-order valence-corrected chi connectivity index (χ3v) is 4.85. The summed E-state index contributed by atoms with van der Waals surface area (Å²) in [5.41, 5.74) is 11.9. The third kappa shape index (κ3) is 15.5. The Morgan fingerprint density at radius 3 is 2.39 bits per heavy atom. The minimum absolute atomic E-state index is 0.0292. The molecule has 0 saturated heterocycles. The summed E-state index contributed by atoms with van der Waals surface area (Å²) in [7, 11) is -5.87. The number of carboxylic acids is 1. The van der Waals surface area contributed by atoms with Gasteiger partial charge in [-0.05, 0) is 18.3 Å².